The van der Waals surface area contributed by atoms with Crippen LogP contribution in [0.4, 0.5) is 4.39 Å². The van der Waals surface area contributed by atoms with Gasteiger partial charge in [0.05, 0.1) is 0 Å². The van der Waals surface area contributed by atoms with E-state index in [0.29, 0.717) is 25.4 Å². The van der Waals surface area contributed by atoms with E-state index in [1.807, 2.05) is 18.7 Å². The Labute approximate surface area is 142 Å². The van der Waals surface area contributed by atoms with Gasteiger partial charge in [0.1, 0.15) is 5.82 Å². The molecular formula is C19H25FN2O2. The molecule has 1 aliphatic rings. The van der Waals surface area contributed by atoms with E-state index in [1.165, 1.54) is 18.2 Å². The maximum absolute atomic E-state index is 12.8. The summed E-state index contributed by atoms with van der Waals surface area (Å²) in [5, 5.41) is 2.96. The van der Waals surface area contributed by atoms with Crippen LogP contribution in [0.1, 0.15) is 38.7 Å². The molecule has 1 aliphatic heterocycles. The van der Waals surface area contributed by atoms with E-state index >= 15 is 0 Å². The van der Waals surface area contributed by atoms with Crippen molar-refractivity contribution in [3.8, 4) is 0 Å². The zero-order valence-corrected chi connectivity index (χ0v) is 14.3. The number of piperidine rings is 1. The molecule has 0 aromatic heterocycles. The van der Waals surface area contributed by atoms with Gasteiger partial charge in [-0.2, -0.15) is 0 Å². The van der Waals surface area contributed by atoms with Gasteiger partial charge in [0.2, 0.25) is 11.8 Å². The minimum absolute atomic E-state index is 0.0958. The van der Waals surface area contributed by atoms with Crippen LogP contribution in [0.15, 0.2) is 30.3 Å². The van der Waals surface area contributed by atoms with E-state index in [1.54, 1.807) is 18.2 Å². The molecule has 2 rings (SSSR count). The summed E-state index contributed by atoms with van der Waals surface area (Å²) in [5.41, 5.74) is 0.778. The van der Waals surface area contributed by atoms with Gasteiger partial charge in [0, 0.05) is 31.6 Å². The highest BCUT2D eigenvalue weighted by Gasteiger charge is 2.23. The Bertz CT molecular complexity index is 588. The average molecular weight is 332 g/mol. The van der Waals surface area contributed by atoms with Gasteiger partial charge in [-0.1, -0.05) is 26.0 Å². The van der Waals surface area contributed by atoms with Crippen molar-refractivity contribution in [2.24, 2.45) is 5.92 Å². The fourth-order valence-corrected chi connectivity index (χ4v) is 2.75. The number of likely N-dealkylation sites (tertiary alicyclic amines) is 1. The summed E-state index contributed by atoms with van der Waals surface area (Å²) < 4.78 is 12.8. The maximum Gasteiger partial charge on any atom is 0.244 e. The van der Waals surface area contributed by atoms with Crippen LogP contribution in [0.5, 0.6) is 0 Å². The molecule has 5 heteroatoms. The summed E-state index contributed by atoms with van der Waals surface area (Å²) in [6.07, 6.45) is 5.26. The van der Waals surface area contributed by atoms with E-state index in [-0.39, 0.29) is 23.7 Å². The molecule has 1 aromatic carbocycles. The Kier molecular flexibility index (Phi) is 6.53. The van der Waals surface area contributed by atoms with Crippen LogP contribution < -0.4 is 5.32 Å². The van der Waals surface area contributed by atoms with E-state index in [0.717, 1.165) is 18.4 Å². The summed E-state index contributed by atoms with van der Waals surface area (Å²) in [5.74, 6) is 0.110. The number of carbonyl (C=O) groups is 2. The molecule has 0 unspecified atom stereocenters. The largest absolute Gasteiger partial charge is 0.350 e. The van der Waals surface area contributed by atoms with Crippen molar-refractivity contribution < 1.29 is 14.0 Å². The molecule has 0 atom stereocenters. The monoisotopic (exact) mass is 332 g/mol. The summed E-state index contributed by atoms with van der Waals surface area (Å²) in [7, 11) is 0. The number of hydrogen-bond acceptors (Lipinski definition) is 2. The predicted molar refractivity (Wildman–Crippen MR) is 92.6 cm³/mol. The summed E-state index contributed by atoms with van der Waals surface area (Å²) >= 11 is 0. The maximum atomic E-state index is 12.8. The first kappa shape index (κ1) is 18.2. The number of nitrogens with one attached hydrogen (secondary N) is 1. The Morgan fingerprint density at radius 1 is 1.25 bits per heavy atom. The van der Waals surface area contributed by atoms with Crippen molar-refractivity contribution in [3.63, 3.8) is 0 Å². The minimum atomic E-state index is -0.296. The number of nitrogens with zero attached hydrogens (tertiary/aromatic N) is 1. The number of hydrogen-bond donors (Lipinski definition) is 1. The highest BCUT2D eigenvalue weighted by molar-refractivity contribution is 5.91. The lowest BCUT2D eigenvalue weighted by molar-refractivity contribution is -0.133. The number of rotatable bonds is 5. The van der Waals surface area contributed by atoms with Crippen LogP contribution in [0.3, 0.4) is 0 Å². The molecule has 0 radical (unpaired) electrons. The summed E-state index contributed by atoms with van der Waals surface area (Å²) in [6.45, 7) is 5.47. The van der Waals surface area contributed by atoms with Crippen molar-refractivity contribution in [1.82, 2.24) is 10.2 Å². The van der Waals surface area contributed by atoms with Gasteiger partial charge >= 0.3 is 0 Å². The average Bonchev–Trinajstić information content (AvgIpc) is 2.54. The highest BCUT2D eigenvalue weighted by atomic mass is 19.1. The van der Waals surface area contributed by atoms with Crippen molar-refractivity contribution in [3.05, 3.63) is 41.7 Å². The van der Waals surface area contributed by atoms with Crippen LogP contribution in [0.2, 0.25) is 0 Å². The third-order valence-electron chi connectivity index (χ3n) is 4.07. The van der Waals surface area contributed by atoms with Gasteiger partial charge in [-0.3, -0.25) is 9.59 Å². The lowest BCUT2D eigenvalue weighted by atomic mass is 10.0. The van der Waals surface area contributed by atoms with Gasteiger partial charge in [-0.15, -0.1) is 0 Å². The van der Waals surface area contributed by atoms with Crippen LogP contribution >= 0.6 is 0 Å². The summed E-state index contributed by atoms with van der Waals surface area (Å²) in [4.78, 5) is 25.9. The van der Waals surface area contributed by atoms with Crippen molar-refractivity contribution >= 4 is 17.9 Å². The van der Waals surface area contributed by atoms with Gasteiger partial charge in [0.25, 0.3) is 0 Å². The zero-order chi connectivity index (χ0) is 17.5. The molecule has 4 nitrogen and oxygen atoms in total. The first-order chi connectivity index (χ1) is 11.4. The van der Waals surface area contributed by atoms with Crippen molar-refractivity contribution in [2.45, 2.75) is 39.2 Å². The molecule has 2 amide bonds. The van der Waals surface area contributed by atoms with Crippen LogP contribution in [0.25, 0.3) is 6.08 Å². The van der Waals surface area contributed by atoms with E-state index in [4.69, 9.17) is 0 Å². The Morgan fingerprint density at radius 2 is 1.88 bits per heavy atom. The van der Waals surface area contributed by atoms with Crippen LogP contribution in [0, 0.1) is 11.7 Å². The number of halogens is 1. The molecule has 0 saturated carbocycles. The first-order valence-electron chi connectivity index (χ1n) is 8.46. The second-order valence-corrected chi connectivity index (χ2v) is 6.65. The molecule has 0 aliphatic carbocycles. The molecule has 0 bridgehead atoms. The van der Waals surface area contributed by atoms with Gasteiger partial charge in [0.15, 0.2) is 0 Å². The molecule has 1 heterocycles. The predicted octanol–water partition coefficient (Wildman–Crippen LogP) is 2.99. The smallest absolute Gasteiger partial charge is 0.244 e. The van der Waals surface area contributed by atoms with E-state index in [2.05, 4.69) is 5.32 Å². The molecule has 130 valence electrons. The third kappa shape index (κ3) is 5.80. The van der Waals surface area contributed by atoms with Crippen molar-refractivity contribution in [2.75, 3.05) is 13.1 Å². The lowest BCUT2D eigenvalue weighted by Crippen LogP contribution is -2.46. The molecule has 1 fully saturated rings. The third-order valence-corrected chi connectivity index (χ3v) is 4.07. The Hall–Kier alpha value is -2.17. The molecule has 0 spiro atoms. The quantitative estimate of drug-likeness (QED) is 0.843. The SMILES string of the molecule is CC(C)CC(=O)N1CCC(NC(=O)/C=C/c2ccc(F)cc2)CC1. The Morgan fingerprint density at radius 3 is 2.46 bits per heavy atom. The molecule has 1 aromatic rings. The van der Waals surface area contributed by atoms with Gasteiger partial charge in [-0.05, 0) is 42.5 Å². The molecule has 24 heavy (non-hydrogen) atoms. The lowest BCUT2D eigenvalue weighted by Gasteiger charge is -2.32. The van der Waals surface area contributed by atoms with Gasteiger partial charge < -0.3 is 10.2 Å². The number of amides is 2. The number of benzene rings is 1. The highest BCUT2D eigenvalue weighted by Crippen LogP contribution is 2.13. The van der Waals surface area contributed by atoms with Crippen LogP contribution in [-0.4, -0.2) is 35.8 Å². The van der Waals surface area contributed by atoms with Gasteiger partial charge in [-0.25, -0.2) is 4.39 Å². The van der Waals surface area contributed by atoms with Crippen LogP contribution in [-0.2, 0) is 9.59 Å². The molecule has 1 N–H and O–H groups in total. The minimum Gasteiger partial charge on any atom is -0.350 e. The number of carbonyl (C=O) groups excluding carboxylic acids is 2. The normalized spacial score (nSPS) is 15.9. The second-order valence-electron chi connectivity index (χ2n) is 6.65. The zero-order valence-electron chi connectivity index (χ0n) is 14.3. The first-order valence-corrected chi connectivity index (χ1v) is 8.46. The molecule has 1 saturated heterocycles. The van der Waals surface area contributed by atoms with Crippen molar-refractivity contribution in [1.29, 1.82) is 0 Å². The molecular weight excluding hydrogens is 307 g/mol. The second kappa shape index (κ2) is 8.62. The Balaban J connectivity index is 1.76. The fourth-order valence-electron chi connectivity index (χ4n) is 2.75. The van der Waals surface area contributed by atoms with E-state index in [9.17, 15) is 14.0 Å². The standard InChI is InChI=1S/C19H25FN2O2/c1-14(2)13-19(24)22-11-9-17(10-12-22)21-18(23)8-5-15-3-6-16(20)7-4-15/h3-8,14,17H,9-13H2,1-2H3,(H,21,23)/b8-5+. The van der Waals surface area contributed by atoms with E-state index < -0.39 is 0 Å². The fraction of sp³-hybridized carbons (Fsp3) is 0.474. The topological polar surface area (TPSA) is 49.4 Å². The summed E-state index contributed by atoms with van der Waals surface area (Å²) in [6, 6.07) is 6.07.